The van der Waals surface area contributed by atoms with Gasteiger partial charge in [-0.15, -0.1) is 12.3 Å². The lowest BCUT2D eigenvalue weighted by atomic mass is 10.1. The zero-order chi connectivity index (χ0) is 43.2. The number of hydrogen-bond acceptors (Lipinski definition) is 15. The number of nitrogens with one attached hydrogen (secondary N) is 6. The molecule has 0 aliphatic rings. The van der Waals surface area contributed by atoms with Crippen molar-refractivity contribution in [2.45, 2.75) is 44.9 Å². The number of benzene rings is 1. The number of aldehydes is 1. The molecular weight excluding hydrogens is 763 g/mol. The van der Waals surface area contributed by atoms with E-state index in [2.05, 4.69) is 42.1 Å². The van der Waals surface area contributed by atoms with Gasteiger partial charge < -0.3 is 65.6 Å². The summed E-state index contributed by atoms with van der Waals surface area (Å²) in [7, 11) is 2.87. The Bertz CT molecular complexity index is 1590. The number of nitrogen functional groups attached to an aromatic ring is 1. The highest BCUT2D eigenvalue weighted by atomic mass is 16.5. The summed E-state index contributed by atoms with van der Waals surface area (Å²) in [5, 5.41) is 28.6. The standard InChI is InChI=1S/C25H36N8O3.C15H25NO5.CH4O/c1-28-11-13-36-15-14-35-12-8-21(34)29-9-4-5-10-30-25-22(24(27)31-17-32-25)23(26)20-16-18-6-2-3-7-19(18)33-20;1-2-3-4-6-15(18)16-7-10-20-12-14-21-13-11-19-9-5-8-17;1-2/h2-3,6-7,16-17,26,28,33H,4-5,8-15H2,1H3,(H,29,34)(H3,27,30,31,32);1,8H,3-7,9-14H2,(H,16,18);2H,1H3. The third-order valence-electron chi connectivity index (χ3n) is 7.90. The first-order valence-electron chi connectivity index (χ1n) is 19.8. The van der Waals surface area contributed by atoms with Crippen LogP contribution in [-0.4, -0.2) is 150 Å². The Hall–Kier alpha value is -5.00. The Kier molecular flexibility index (Phi) is 31.8. The molecule has 0 bridgehead atoms. The average molecular weight is 828 g/mol. The van der Waals surface area contributed by atoms with Crippen molar-refractivity contribution in [3.05, 3.63) is 47.9 Å². The van der Waals surface area contributed by atoms with Crippen LogP contribution in [0.15, 0.2) is 36.7 Å². The van der Waals surface area contributed by atoms with E-state index < -0.39 is 0 Å². The highest BCUT2D eigenvalue weighted by molar-refractivity contribution is 6.16. The predicted molar refractivity (Wildman–Crippen MR) is 229 cm³/mol. The lowest BCUT2D eigenvalue weighted by Gasteiger charge is -2.13. The van der Waals surface area contributed by atoms with Crippen molar-refractivity contribution in [2.75, 3.05) is 117 Å². The highest BCUT2D eigenvalue weighted by Crippen LogP contribution is 2.23. The summed E-state index contributed by atoms with van der Waals surface area (Å²) in [4.78, 5) is 44.9. The molecule has 0 unspecified atom stereocenters. The van der Waals surface area contributed by atoms with Crippen molar-refractivity contribution < 1.29 is 43.2 Å². The molecule has 0 aliphatic heterocycles. The predicted octanol–water partition coefficient (Wildman–Crippen LogP) is 2.06. The van der Waals surface area contributed by atoms with Crippen molar-refractivity contribution in [1.82, 2.24) is 30.9 Å². The Morgan fingerprint density at radius 3 is 2.12 bits per heavy atom. The normalized spacial score (nSPS) is 10.4. The second-order valence-electron chi connectivity index (χ2n) is 12.4. The Morgan fingerprint density at radius 2 is 1.44 bits per heavy atom. The number of amides is 2. The minimum absolute atomic E-state index is 0.00225. The smallest absolute Gasteiger partial charge is 0.222 e. The molecule has 18 nitrogen and oxygen atoms in total. The molecule has 3 rings (SSSR count). The van der Waals surface area contributed by atoms with Crippen LogP contribution in [0.5, 0.6) is 0 Å². The molecule has 59 heavy (non-hydrogen) atoms. The minimum atomic E-state index is -0.0308. The largest absolute Gasteiger partial charge is 0.400 e. The van der Waals surface area contributed by atoms with Crippen molar-refractivity contribution in [1.29, 1.82) is 5.41 Å². The second kappa shape index (κ2) is 36.1. The van der Waals surface area contributed by atoms with Gasteiger partial charge in [0.15, 0.2) is 0 Å². The first-order valence-corrected chi connectivity index (χ1v) is 19.8. The van der Waals surface area contributed by atoms with Crippen LogP contribution in [0.1, 0.15) is 56.2 Å². The molecule has 3 aromatic rings. The number of hydrogen-bond donors (Lipinski definition) is 8. The molecule has 9 N–H and O–H groups in total. The minimum Gasteiger partial charge on any atom is -0.400 e. The number of aliphatic hydroxyl groups is 1. The number of likely N-dealkylation sites (N-methyl/N-ethyl adjacent to an activating group) is 1. The van der Waals surface area contributed by atoms with Crippen molar-refractivity contribution in [2.24, 2.45) is 0 Å². The molecule has 0 spiro atoms. The molecule has 0 saturated heterocycles. The molecule has 0 radical (unpaired) electrons. The molecule has 0 fully saturated rings. The monoisotopic (exact) mass is 827 g/mol. The number of nitrogens with two attached hydrogens (primary N) is 1. The number of fused-ring (bicyclic) bond motifs is 1. The number of carbonyl (C=O) groups is 3. The van der Waals surface area contributed by atoms with E-state index in [1.165, 1.54) is 6.33 Å². The molecule has 2 aromatic heterocycles. The molecule has 18 heteroatoms. The van der Waals surface area contributed by atoms with Crippen LogP contribution in [0.4, 0.5) is 11.6 Å². The number of para-hydroxylation sites is 1. The molecule has 2 heterocycles. The summed E-state index contributed by atoms with van der Waals surface area (Å²) in [6.07, 6.45) is 11.5. The Morgan fingerprint density at radius 1 is 0.831 bits per heavy atom. The SMILES string of the molecule is C#CCCCC(=O)NCCOCCOCCOCCC=O.CNCCOCCOCCC(=O)NCCCCNc1ncnc(N)c1C(=N)c1cc2ccccc2[nH]1.CO. The lowest BCUT2D eigenvalue weighted by molar-refractivity contribution is -0.122. The summed E-state index contributed by atoms with van der Waals surface area (Å²) in [5.74, 6) is 3.22. The summed E-state index contributed by atoms with van der Waals surface area (Å²) >= 11 is 0. The fraction of sp³-hybridized carbons (Fsp3) is 0.561. The van der Waals surface area contributed by atoms with Crippen LogP contribution in [0, 0.1) is 17.8 Å². The average Bonchev–Trinajstić information content (AvgIpc) is 3.69. The zero-order valence-electron chi connectivity index (χ0n) is 34.7. The number of aromatic nitrogens is 3. The van der Waals surface area contributed by atoms with Crippen LogP contribution in [-0.2, 0) is 38.1 Å². The molecule has 328 valence electrons. The Labute approximate surface area is 347 Å². The summed E-state index contributed by atoms with van der Waals surface area (Å²) < 4.78 is 26.5. The lowest BCUT2D eigenvalue weighted by Crippen LogP contribution is -2.27. The number of aliphatic hydroxyl groups excluding tert-OH is 1. The number of H-pyrrole nitrogens is 1. The molecular formula is C41H65N9O9. The maximum atomic E-state index is 11.9. The van der Waals surface area contributed by atoms with Gasteiger partial charge in [-0.1, -0.05) is 18.2 Å². The number of ether oxygens (including phenoxy) is 5. The molecule has 0 atom stereocenters. The number of anilines is 2. The maximum Gasteiger partial charge on any atom is 0.222 e. The molecule has 0 aliphatic carbocycles. The van der Waals surface area contributed by atoms with E-state index in [9.17, 15) is 14.4 Å². The number of carbonyl (C=O) groups excluding carboxylic acids is 3. The van der Waals surface area contributed by atoms with Gasteiger partial charge in [0.25, 0.3) is 0 Å². The second-order valence-corrected chi connectivity index (χ2v) is 12.4. The topological polar surface area (TPSA) is 257 Å². The van der Waals surface area contributed by atoms with Crippen molar-refractivity contribution in [3.63, 3.8) is 0 Å². The van der Waals surface area contributed by atoms with Gasteiger partial charge >= 0.3 is 0 Å². The van der Waals surface area contributed by atoms with Gasteiger partial charge in [0.05, 0.1) is 83.0 Å². The van der Waals surface area contributed by atoms with Crippen LogP contribution in [0.2, 0.25) is 0 Å². The van der Waals surface area contributed by atoms with Gasteiger partial charge in [-0.25, -0.2) is 9.97 Å². The van der Waals surface area contributed by atoms with Gasteiger partial charge in [0.2, 0.25) is 11.8 Å². The van der Waals surface area contributed by atoms with Crippen LogP contribution < -0.4 is 27.0 Å². The Balaban J connectivity index is 0.000000648. The van der Waals surface area contributed by atoms with Crippen molar-refractivity contribution in [3.8, 4) is 12.3 Å². The molecule has 1 aromatic carbocycles. The van der Waals surface area contributed by atoms with E-state index in [-0.39, 0.29) is 23.3 Å². The number of terminal acetylenes is 1. The number of unbranched alkanes of at least 4 members (excludes halogenated alkanes) is 2. The number of aromatic amines is 1. The van der Waals surface area contributed by atoms with Crippen molar-refractivity contribution >= 4 is 46.4 Å². The van der Waals surface area contributed by atoms with E-state index in [1.807, 2.05) is 37.4 Å². The quantitative estimate of drug-likeness (QED) is 0.0194. The van der Waals surface area contributed by atoms with Gasteiger partial charge in [-0.05, 0) is 38.4 Å². The van der Waals surface area contributed by atoms with Crippen LogP contribution in [0.25, 0.3) is 10.9 Å². The van der Waals surface area contributed by atoms with E-state index in [0.29, 0.717) is 135 Å². The first kappa shape index (κ1) is 52.0. The van der Waals surface area contributed by atoms with Crippen LogP contribution >= 0.6 is 0 Å². The van der Waals surface area contributed by atoms with Gasteiger partial charge in [0.1, 0.15) is 24.2 Å². The third kappa shape index (κ3) is 25.2. The summed E-state index contributed by atoms with van der Waals surface area (Å²) in [5.41, 5.74) is 8.40. The summed E-state index contributed by atoms with van der Waals surface area (Å²) in [6, 6.07) is 9.77. The number of nitrogens with zero attached hydrogens (tertiary/aromatic N) is 2. The highest BCUT2D eigenvalue weighted by Gasteiger charge is 2.17. The number of rotatable bonds is 32. The van der Waals surface area contributed by atoms with Gasteiger partial charge in [-0.3, -0.25) is 15.0 Å². The zero-order valence-corrected chi connectivity index (χ0v) is 34.7. The fourth-order valence-electron chi connectivity index (χ4n) is 4.93. The van der Waals surface area contributed by atoms with E-state index in [1.54, 1.807) is 0 Å². The fourth-order valence-corrected chi connectivity index (χ4v) is 4.93. The van der Waals surface area contributed by atoms with E-state index >= 15 is 0 Å². The third-order valence-corrected chi connectivity index (χ3v) is 7.90. The van der Waals surface area contributed by atoms with E-state index in [4.69, 9.17) is 46.4 Å². The molecule has 2 amide bonds. The van der Waals surface area contributed by atoms with E-state index in [0.717, 1.165) is 43.7 Å². The summed E-state index contributed by atoms with van der Waals surface area (Å²) in [6.45, 7) is 7.33. The molecule has 0 saturated carbocycles. The van der Waals surface area contributed by atoms with Crippen LogP contribution in [0.3, 0.4) is 0 Å². The first-order chi connectivity index (χ1) is 28.9. The van der Waals surface area contributed by atoms with Gasteiger partial charge in [0, 0.05) is 69.9 Å². The maximum absolute atomic E-state index is 11.9. The van der Waals surface area contributed by atoms with Gasteiger partial charge in [-0.2, -0.15) is 0 Å².